The molecule has 1 atom stereocenters. The second-order valence-corrected chi connectivity index (χ2v) is 6.31. The van der Waals surface area contributed by atoms with Crippen molar-refractivity contribution in [2.75, 3.05) is 0 Å². The Morgan fingerprint density at radius 1 is 1.26 bits per heavy atom. The van der Waals surface area contributed by atoms with Crippen LogP contribution in [0.4, 0.5) is 13.2 Å². The van der Waals surface area contributed by atoms with Crippen LogP contribution < -0.4 is 5.73 Å². The van der Waals surface area contributed by atoms with Gasteiger partial charge in [-0.1, -0.05) is 12.1 Å². The summed E-state index contributed by atoms with van der Waals surface area (Å²) in [4.78, 5) is 1.89. The number of halogens is 4. The Morgan fingerprint density at radius 2 is 1.95 bits per heavy atom. The molecule has 102 valence electrons. The first-order chi connectivity index (χ1) is 8.79. The molecular weight excluding hydrogens is 339 g/mol. The van der Waals surface area contributed by atoms with Crippen LogP contribution in [0.1, 0.15) is 26.9 Å². The molecule has 0 fully saturated rings. The zero-order valence-corrected chi connectivity index (χ0v) is 12.4. The highest BCUT2D eigenvalue weighted by Crippen LogP contribution is 2.36. The van der Waals surface area contributed by atoms with E-state index in [0.717, 1.165) is 26.4 Å². The fourth-order valence-corrected chi connectivity index (χ4v) is 3.70. The van der Waals surface area contributed by atoms with Gasteiger partial charge in [0.1, 0.15) is 0 Å². The molecule has 1 aromatic heterocycles. The van der Waals surface area contributed by atoms with E-state index in [4.69, 9.17) is 5.73 Å². The molecule has 1 nitrogen and oxygen atoms in total. The fourth-order valence-electron chi connectivity index (χ4n) is 1.77. The number of thiophene rings is 1. The van der Waals surface area contributed by atoms with Crippen LogP contribution in [-0.4, -0.2) is 0 Å². The van der Waals surface area contributed by atoms with E-state index in [2.05, 4.69) is 15.9 Å². The van der Waals surface area contributed by atoms with Crippen molar-refractivity contribution >= 4 is 27.3 Å². The van der Waals surface area contributed by atoms with Gasteiger partial charge in [0.15, 0.2) is 0 Å². The zero-order chi connectivity index (χ0) is 14.2. The smallest absolute Gasteiger partial charge is 0.320 e. The van der Waals surface area contributed by atoms with Gasteiger partial charge in [0, 0.05) is 14.2 Å². The van der Waals surface area contributed by atoms with Crippen molar-refractivity contribution in [3.8, 4) is 0 Å². The standard InChI is InChI=1S/C13H11BrF3NS/c1-7-5-10(14)12(19-7)11(18)8-3-2-4-9(6-8)13(15,16)17/h2-6,11H,18H2,1H3. The molecule has 1 aromatic carbocycles. The van der Waals surface area contributed by atoms with Crippen LogP contribution in [0, 0.1) is 6.92 Å². The minimum absolute atomic E-state index is 0.456. The Morgan fingerprint density at radius 3 is 2.47 bits per heavy atom. The summed E-state index contributed by atoms with van der Waals surface area (Å²) < 4.78 is 38.8. The van der Waals surface area contributed by atoms with Crippen LogP contribution in [0.2, 0.25) is 0 Å². The lowest BCUT2D eigenvalue weighted by molar-refractivity contribution is -0.137. The Bertz CT molecular complexity index is 592. The van der Waals surface area contributed by atoms with Crippen molar-refractivity contribution in [2.45, 2.75) is 19.1 Å². The first kappa shape index (κ1) is 14.6. The molecule has 0 aliphatic carbocycles. The lowest BCUT2D eigenvalue weighted by Gasteiger charge is -2.14. The lowest BCUT2D eigenvalue weighted by Crippen LogP contribution is -2.13. The molecule has 0 bridgehead atoms. The molecule has 2 rings (SSSR count). The maximum Gasteiger partial charge on any atom is 0.416 e. The van der Waals surface area contributed by atoms with Crippen LogP contribution >= 0.6 is 27.3 Å². The topological polar surface area (TPSA) is 26.0 Å². The van der Waals surface area contributed by atoms with E-state index in [1.165, 1.54) is 17.4 Å². The molecule has 1 unspecified atom stereocenters. The quantitative estimate of drug-likeness (QED) is 0.820. The van der Waals surface area contributed by atoms with E-state index in [1.54, 1.807) is 6.07 Å². The normalized spacial score (nSPS) is 13.6. The molecule has 0 spiro atoms. The van der Waals surface area contributed by atoms with Crippen molar-refractivity contribution in [3.05, 3.63) is 55.7 Å². The van der Waals surface area contributed by atoms with Crippen molar-refractivity contribution in [1.29, 1.82) is 0 Å². The van der Waals surface area contributed by atoms with Crippen molar-refractivity contribution < 1.29 is 13.2 Å². The summed E-state index contributed by atoms with van der Waals surface area (Å²) in [6, 6.07) is 6.49. The number of nitrogens with two attached hydrogens (primary N) is 1. The Balaban J connectivity index is 2.39. The van der Waals surface area contributed by atoms with E-state index in [9.17, 15) is 13.2 Å². The molecule has 6 heteroatoms. The van der Waals surface area contributed by atoms with E-state index in [1.807, 2.05) is 13.0 Å². The Labute approximate surface area is 121 Å². The molecule has 0 amide bonds. The monoisotopic (exact) mass is 349 g/mol. The van der Waals surface area contributed by atoms with Crippen molar-refractivity contribution in [3.63, 3.8) is 0 Å². The van der Waals surface area contributed by atoms with Crippen LogP contribution in [0.5, 0.6) is 0 Å². The number of alkyl halides is 3. The third-order valence-corrected chi connectivity index (χ3v) is 4.74. The minimum atomic E-state index is -4.35. The van der Waals surface area contributed by atoms with Gasteiger partial charge in [0.2, 0.25) is 0 Å². The first-order valence-corrected chi connectivity index (χ1v) is 7.08. The number of benzene rings is 1. The summed E-state index contributed by atoms with van der Waals surface area (Å²) >= 11 is 4.86. The van der Waals surface area contributed by atoms with Crippen molar-refractivity contribution in [2.24, 2.45) is 5.73 Å². The average molecular weight is 350 g/mol. The molecule has 0 saturated heterocycles. The fraction of sp³-hybridized carbons (Fsp3) is 0.231. The first-order valence-electron chi connectivity index (χ1n) is 5.47. The molecule has 0 aliphatic heterocycles. The van der Waals surface area contributed by atoms with Crippen LogP contribution in [0.25, 0.3) is 0 Å². The third-order valence-electron chi connectivity index (χ3n) is 2.69. The van der Waals surface area contributed by atoms with E-state index >= 15 is 0 Å². The van der Waals surface area contributed by atoms with Gasteiger partial charge in [-0.15, -0.1) is 11.3 Å². The van der Waals surface area contributed by atoms with E-state index in [0.29, 0.717) is 5.56 Å². The summed E-state index contributed by atoms with van der Waals surface area (Å²) in [6.07, 6.45) is -4.35. The highest BCUT2D eigenvalue weighted by molar-refractivity contribution is 9.10. The van der Waals surface area contributed by atoms with Gasteiger partial charge >= 0.3 is 6.18 Å². The molecule has 2 aromatic rings. The highest BCUT2D eigenvalue weighted by Gasteiger charge is 2.31. The van der Waals surface area contributed by atoms with Crippen LogP contribution in [0.15, 0.2) is 34.8 Å². The van der Waals surface area contributed by atoms with Crippen LogP contribution in [-0.2, 0) is 6.18 Å². The largest absolute Gasteiger partial charge is 0.416 e. The molecule has 0 radical (unpaired) electrons. The highest BCUT2D eigenvalue weighted by atomic mass is 79.9. The number of rotatable bonds is 2. The maximum absolute atomic E-state index is 12.7. The van der Waals surface area contributed by atoms with Gasteiger partial charge < -0.3 is 5.73 Å². The summed E-state index contributed by atoms with van der Waals surface area (Å²) in [7, 11) is 0. The van der Waals surface area contributed by atoms with Crippen molar-refractivity contribution in [1.82, 2.24) is 0 Å². The van der Waals surface area contributed by atoms with Gasteiger partial charge in [-0.05, 0) is 46.6 Å². The molecule has 0 aliphatic rings. The minimum Gasteiger partial charge on any atom is -0.320 e. The molecular formula is C13H11BrF3NS. The van der Waals surface area contributed by atoms with E-state index in [-0.39, 0.29) is 0 Å². The summed E-state index contributed by atoms with van der Waals surface area (Å²) in [5, 5.41) is 0. The SMILES string of the molecule is Cc1cc(Br)c(C(N)c2cccc(C(F)(F)F)c2)s1. The van der Waals surface area contributed by atoms with Gasteiger partial charge in [-0.25, -0.2) is 0 Å². The van der Waals surface area contributed by atoms with Gasteiger partial charge in [0.25, 0.3) is 0 Å². The van der Waals surface area contributed by atoms with E-state index < -0.39 is 17.8 Å². The predicted molar refractivity (Wildman–Crippen MR) is 74.2 cm³/mol. The number of hydrogen-bond donors (Lipinski definition) is 1. The van der Waals surface area contributed by atoms with Crippen LogP contribution in [0.3, 0.4) is 0 Å². The second kappa shape index (κ2) is 5.26. The summed E-state index contributed by atoms with van der Waals surface area (Å²) in [6.45, 7) is 1.93. The molecule has 19 heavy (non-hydrogen) atoms. The third kappa shape index (κ3) is 3.19. The van der Waals surface area contributed by atoms with Gasteiger partial charge in [-0.2, -0.15) is 13.2 Å². The summed E-state index contributed by atoms with van der Waals surface area (Å²) in [5.74, 6) is 0. The van der Waals surface area contributed by atoms with Gasteiger partial charge in [0.05, 0.1) is 11.6 Å². The Kier molecular flexibility index (Phi) is 4.03. The second-order valence-electron chi connectivity index (χ2n) is 4.17. The average Bonchev–Trinajstić information content (AvgIpc) is 2.66. The predicted octanol–water partition coefficient (Wildman–Crippen LogP) is 4.89. The lowest BCUT2D eigenvalue weighted by atomic mass is 10.0. The summed E-state index contributed by atoms with van der Waals surface area (Å²) in [5.41, 5.74) is 5.84. The zero-order valence-electron chi connectivity index (χ0n) is 9.96. The number of hydrogen-bond acceptors (Lipinski definition) is 2. The molecule has 1 heterocycles. The molecule has 2 N–H and O–H groups in total. The number of aryl methyl sites for hydroxylation is 1. The molecule has 0 saturated carbocycles. The maximum atomic E-state index is 12.7. The van der Waals surface area contributed by atoms with Gasteiger partial charge in [-0.3, -0.25) is 0 Å². The Hall–Kier alpha value is -0.850.